The van der Waals surface area contributed by atoms with E-state index in [0.717, 1.165) is 29.9 Å². The van der Waals surface area contributed by atoms with Crippen LogP contribution in [0.25, 0.3) is 0 Å². The van der Waals surface area contributed by atoms with Gasteiger partial charge in [0.2, 0.25) is 0 Å². The number of anilines is 2. The van der Waals surface area contributed by atoms with Gasteiger partial charge in [0.1, 0.15) is 17.5 Å². The second-order valence-electron chi connectivity index (χ2n) is 5.31. The fraction of sp³-hybridized carbons (Fsp3) is 0.714. The molecule has 1 aromatic rings. The highest BCUT2D eigenvalue weighted by Gasteiger charge is 2.14. The van der Waals surface area contributed by atoms with Crippen LogP contribution in [0.3, 0.4) is 0 Å². The van der Waals surface area contributed by atoms with Gasteiger partial charge in [0.15, 0.2) is 0 Å². The standard InChI is InChI=1S/C14H25N5/c1-11-17-13(15-2)10-14(18-11)19(3)9-6-12-4-7-16-8-5-12/h10,12,16H,4-9H2,1-3H3,(H,15,17,18). The van der Waals surface area contributed by atoms with Gasteiger partial charge in [-0.15, -0.1) is 0 Å². The van der Waals surface area contributed by atoms with E-state index in [-0.39, 0.29) is 0 Å². The predicted octanol–water partition coefficient (Wildman–Crippen LogP) is 1.65. The van der Waals surface area contributed by atoms with Gasteiger partial charge >= 0.3 is 0 Å². The van der Waals surface area contributed by atoms with Crippen molar-refractivity contribution in [3.05, 3.63) is 11.9 Å². The summed E-state index contributed by atoms with van der Waals surface area (Å²) in [6.45, 7) is 5.34. The quantitative estimate of drug-likeness (QED) is 0.846. The second-order valence-corrected chi connectivity index (χ2v) is 5.31. The second kappa shape index (κ2) is 6.70. The molecule has 0 aromatic carbocycles. The van der Waals surface area contributed by atoms with E-state index in [9.17, 15) is 0 Å². The topological polar surface area (TPSA) is 53.1 Å². The van der Waals surface area contributed by atoms with E-state index in [4.69, 9.17) is 0 Å². The summed E-state index contributed by atoms with van der Waals surface area (Å²) in [6, 6.07) is 2.01. The monoisotopic (exact) mass is 263 g/mol. The van der Waals surface area contributed by atoms with Crippen molar-refractivity contribution in [2.45, 2.75) is 26.2 Å². The van der Waals surface area contributed by atoms with Crippen molar-refractivity contribution in [3.63, 3.8) is 0 Å². The van der Waals surface area contributed by atoms with Crippen molar-refractivity contribution in [1.29, 1.82) is 0 Å². The van der Waals surface area contributed by atoms with E-state index < -0.39 is 0 Å². The van der Waals surface area contributed by atoms with Crippen molar-refractivity contribution < 1.29 is 0 Å². The Morgan fingerprint density at radius 3 is 2.79 bits per heavy atom. The summed E-state index contributed by atoms with van der Waals surface area (Å²) in [4.78, 5) is 11.1. The molecule has 0 saturated carbocycles. The van der Waals surface area contributed by atoms with Gasteiger partial charge in [-0.1, -0.05) is 0 Å². The average molecular weight is 263 g/mol. The minimum Gasteiger partial charge on any atom is -0.373 e. The molecule has 19 heavy (non-hydrogen) atoms. The molecule has 0 spiro atoms. The summed E-state index contributed by atoms with van der Waals surface area (Å²) < 4.78 is 0. The van der Waals surface area contributed by atoms with Gasteiger partial charge in [-0.2, -0.15) is 0 Å². The molecular formula is C14H25N5. The summed E-state index contributed by atoms with van der Waals surface area (Å²) in [6.07, 6.45) is 3.85. The third-order valence-corrected chi connectivity index (χ3v) is 3.80. The van der Waals surface area contributed by atoms with E-state index in [1.54, 1.807) is 0 Å². The third kappa shape index (κ3) is 4.06. The molecule has 2 rings (SSSR count). The van der Waals surface area contributed by atoms with Gasteiger partial charge < -0.3 is 15.5 Å². The number of rotatable bonds is 5. The van der Waals surface area contributed by atoms with E-state index in [2.05, 4.69) is 32.5 Å². The average Bonchev–Trinajstić information content (AvgIpc) is 2.45. The van der Waals surface area contributed by atoms with Crippen LogP contribution < -0.4 is 15.5 Å². The number of nitrogens with one attached hydrogen (secondary N) is 2. The third-order valence-electron chi connectivity index (χ3n) is 3.80. The lowest BCUT2D eigenvalue weighted by Crippen LogP contribution is -2.30. The molecule has 5 heteroatoms. The van der Waals surface area contributed by atoms with Gasteiger partial charge in [0.25, 0.3) is 0 Å². The molecule has 106 valence electrons. The molecule has 1 aromatic heterocycles. The molecule has 2 heterocycles. The van der Waals surface area contributed by atoms with E-state index in [1.165, 1.54) is 32.4 Å². The van der Waals surface area contributed by atoms with Gasteiger partial charge in [0, 0.05) is 26.7 Å². The van der Waals surface area contributed by atoms with Crippen molar-refractivity contribution in [1.82, 2.24) is 15.3 Å². The first-order chi connectivity index (χ1) is 9.19. The normalized spacial score (nSPS) is 16.4. The largest absolute Gasteiger partial charge is 0.373 e. The Balaban J connectivity index is 1.91. The molecule has 1 fully saturated rings. The molecule has 1 saturated heterocycles. The zero-order valence-corrected chi connectivity index (χ0v) is 12.2. The van der Waals surface area contributed by atoms with Crippen LogP contribution in [0.4, 0.5) is 11.6 Å². The van der Waals surface area contributed by atoms with E-state index >= 15 is 0 Å². The minimum atomic E-state index is 0.815. The van der Waals surface area contributed by atoms with Crippen LogP contribution >= 0.6 is 0 Å². The number of hydrogen-bond donors (Lipinski definition) is 2. The summed E-state index contributed by atoms with van der Waals surface area (Å²) in [5.41, 5.74) is 0. The van der Waals surface area contributed by atoms with Gasteiger partial charge in [0.05, 0.1) is 0 Å². The maximum atomic E-state index is 4.51. The predicted molar refractivity (Wildman–Crippen MR) is 79.8 cm³/mol. The van der Waals surface area contributed by atoms with Crippen LogP contribution in [-0.2, 0) is 0 Å². The molecule has 0 amide bonds. The first-order valence-corrected chi connectivity index (χ1v) is 7.14. The molecule has 0 aliphatic carbocycles. The molecule has 1 aliphatic heterocycles. The van der Waals surface area contributed by atoms with Gasteiger partial charge in [-0.3, -0.25) is 0 Å². The molecule has 0 unspecified atom stereocenters. The van der Waals surface area contributed by atoms with Crippen molar-refractivity contribution >= 4 is 11.6 Å². The fourth-order valence-corrected chi connectivity index (χ4v) is 2.54. The maximum absolute atomic E-state index is 4.51. The van der Waals surface area contributed by atoms with Crippen molar-refractivity contribution in [3.8, 4) is 0 Å². The summed E-state index contributed by atoms with van der Waals surface area (Å²) in [5.74, 6) is 3.56. The lowest BCUT2D eigenvalue weighted by molar-refractivity contribution is 0.356. The molecule has 5 nitrogen and oxygen atoms in total. The Hall–Kier alpha value is -1.36. The van der Waals surface area contributed by atoms with Crippen LogP contribution in [0.5, 0.6) is 0 Å². The smallest absolute Gasteiger partial charge is 0.134 e. The molecule has 0 bridgehead atoms. The number of aryl methyl sites for hydroxylation is 1. The first kappa shape index (κ1) is 14.1. The highest BCUT2D eigenvalue weighted by atomic mass is 15.2. The fourth-order valence-electron chi connectivity index (χ4n) is 2.54. The van der Waals surface area contributed by atoms with Crippen molar-refractivity contribution in [2.24, 2.45) is 5.92 Å². The van der Waals surface area contributed by atoms with Crippen LogP contribution in [0.15, 0.2) is 6.07 Å². The minimum absolute atomic E-state index is 0.815. The highest BCUT2D eigenvalue weighted by molar-refractivity contribution is 5.48. The van der Waals surface area contributed by atoms with Crippen LogP contribution in [0, 0.1) is 12.8 Å². The van der Waals surface area contributed by atoms with Gasteiger partial charge in [-0.05, 0) is 45.2 Å². The first-order valence-electron chi connectivity index (χ1n) is 7.14. The summed E-state index contributed by atoms with van der Waals surface area (Å²) in [5, 5.41) is 6.50. The zero-order valence-electron chi connectivity index (χ0n) is 12.2. The Kier molecular flexibility index (Phi) is 4.96. The Bertz CT molecular complexity index is 401. The SMILES string of the molecule is CNc1cc(N(C)CCC2CCNCC2)nc(C)n1. The number of aromatic nitrogens is 2. The van der Waals surface area contributed by atoms with Crippen molar-refractivity contribution in [2.75, 3.05) is 43.9 Å². The lowest BCUT2D eigenvalue weighted by Gasteiger charge is -2.26. The van der Waals surface area contributed by atoms with E-state index in [0.29, 0.717) is 0 Å². The molecular weight excluding hydrogens is 238 g/mol. The van der Waals surface area contributed by atoms with Crippen LogP contribution in [0.1, 0.15) is 25.1 Å². The Labute approximate surface area is 115 Å². The molecule has 1 aliphatic rings. The van der Waals surface area contributed by atoms with Crippen LogP contribution in [0.2, 0.25) is 0 Å². The lowest BCUT2D eigenvalue weighted by atomic mass is 9.94. The zero-order chi connectivity index (χ0) is 13.7. The number of piperidine rings is 1. The summed E-state index contributed by atoms with van der Waals surface area (Å²) >= 11 is 0. The molecule has 0 radical (unpaired) electrons. The Morgan fingerprint density at radius 2 is 2.11 bits per heavy atom. The van der Waals surface area contributed by atoms with Gasteiger partial charge in [-0.25, -0.2) is 9.97 Å². The summed E-state index contributed by atoms with van der Waals surface area (Å²) in [7, 11) is 4.00. The number of nitrogens with zero attached hydrogens (tertiary/aromatic N) is 3. The van der Waals surface area contributed by atoms with E-state index in [1.807, 2.05) is 20.0 Å². The highest BCUT2D eigenvalue weighted by Crippen LogP contribution is 2.19. The van der Waals surface area contributed by atoms with Crippen LogP contribution in [-0.4, -0.2) is 43.7 Å². The molecule has 2 N–H and O–H groups in total. The number of hydrogen-bond acceptors (Lipinski definition) is 5. The molecule has 0 atom stereocenters. The maximum Gasteiger partial charge on any atom is 0.134 e. The Morgan fingerprint density at radius 1 is 1.37 bits per heavy atom.